The second-order valence-electron chi connectivity index (χ2n) is 5.48. The first kappa shape index (κ1) is 18.5. The van der Waals surface area contributed by atoms with Crippen LogP contribution in [0.3, 0.4) is 0 Å². The summed E-state index contributed by atoms with van der Waals surface area (Å²) in [6.07, 6.45) is 0. The van der Waals surface area contributed by atoms with Crippen LogP contribution in [0, 0.1) is 23.0 Å². The predicted molar refractivity (Wildman–Crippen MR) is 94.6 cm³/mol. The molecule has 1 aromatic heterocycles. The second kappa shape index (κ2) is 7.56. The Labute approximate surface area is 158 Å². The maximum atomic E-state index is 13.8. The van der Waals surface area contributed by atoms with E-state index in [0.29, 0.717) is 16.9 Å². The number of ether oxygens (including phenoxy) is 1. The number of nitriles is 1. The lowest BCUT2D eigenvalue weighted by atomic mass is 10.1. The van der Waals surface area contributed by atoms with E-state index in [0.717, 1.165) is 12.1 Å². The number of halogens is 3. The first-order chi connectivity index (χ1) is 12.9. The SMILES string of the molecule is CCOC(=O)c1cc(-c2cc(F)cc(Cl)c2)n(-c2ccc(F)c(C#N)c2)n1. The summed E-state index contributed by atoms with van der Waals surface area (Å²) < 4.78 is 33.7. The van der Waals surface area contributed by atoms with Gasteiger partial charge in [0.2, 0.25) is 0 Å². The molecule has 2 aromatic carbocycles. The summed E-state index contributed by atoms with van der Waals surface area (Å²) in [6, 6.07) is 10.8. The van der Waals surface area contributed by atoms with E-state index in [1.54, 1.807) is 13.0 Å². The fourth-order valence-corrected chi connectivity index (χ4v) is 2.74. The molecule has 3 aromatic rings. The number of benzene rings is 2. The summed E-state index contributed by atoms with van der Waals surface area (Å²) in [5.74, 6) is -1.92. The van der Waals surface area contributed by atoms with Gasteiger partial charge in [0.15, 0.2) is 5.69 Å². The van der Waals surface area contributed by atoms with Gasteiger partial charge in [-0.15, -0.1) is 0 Å². The summed E-state index contributed by atoms with van der Waals surface area (Å²) in [6.45, 7) is 1.81. The van der Waals surface area contributed by atoms with Crippen molar-refractivity contribution < 1.29 is 18.3 Å². The highest BCUT2D eigenvalue weighted by Crippen LogP contribution is 2.28. The zero-order valence-electron chi connectivity index (χ0n) is 14.0. The topological polar surface area (TPSA) is 67.9 Å². The van der Waals surface area contributed by atoms with E-state index in [-0.39, 0.29) is 22.9 Å². The van der Waals surface area contributed by atoms with Crippen molar-refractivity contribution in [2.24, 2.45) is 0 Å². The van der Waals surface area contributed by atoms with E-state index in [2.05, 4.69) is 5.10 Å². The van der Waals surface area contributed by atoms with Crippen LogP contribution in [0.5, 0.6) is 0 Å². The van der Waals surface area contributed by atoms with Gasteiger partial charge in [-0.3, -0.25) is 0 Å². The average molecular weight is 388 g/mol. The molecule has 0 N–H and O–H groups in total. The van der Waals surface area contributed by atoms with Crippen LogP contribution in [0.15, 0.2) is 42.5 Å². The Morgan fingerprint density at radius 3 is 2.70 bits per heavy atom. The highest BCUT2D eigenvalue weighted by atomic mass is 35.5. The van der Waals surface area contributed by atoms with Gasteiger partial charge in [-0.25, -0.2) is 18.3 Å². The van der Waals surface area contributed by atoms with Crippen LogP contribution in [0.2, 0.25) is 5.02 Å². The molecule has 0 saturated carbocycles. The van der Waals surface area contributed by atoms with Crippen molar-refractivity contribution in [1.29, 1.82) is 5.26 Å². The van der Waals surface area contributed by atoms with Crippen LogP contribution < -0.4 is 0 Å². The summed E-state index contributed by atoms with van der Waals surface area (Å²) in [4.78, 5) is 12.1. The number of hydrogen-bond acceptors (Lipinski definition) is 4. The van der Waals surface area contributed by atoms with Crippen molar-refractivity contribution in [2.75, 3.05) is 6.61 Å². The molecule has 0 fully saturated rings. The fraction of sp³-hybridized carbons (Fsp3) is 0.105. The molecule has 0 aliphatic carbocycles. The molecule has 8 heteroatoms. The minimum Gasteiger partial charge on any atom is -0.461 e. The van der Waals surface area contributed by atoms with Gasteiger partial charge in [0.1, 0.15) is 17.7 Å². The zero-order chi connectivity index (χ0) is 19.6. The standard InChI is InChI=1S/C19H12ClF2N3O2/c1-2-27-19(26)17-9-18(11-5-13(20)8-14(21)6-11)25(24-17)15-3-4-16(22)12(7-15)10-23/h3-9H,2H2,1H3. The molecular formula is C19H12ClF2N3O2. The third-order valence-corrected chi connectivity index (χ3v) is 3.89. The average Bonchev–Trinajstić information content (AvgIpc) is 3.07. The van der Waals surface area contributed by atoms with Crippen LogP contribution in [0.1, 0.15) is 23.0 Å². The molecule has 0 saturated heterocycles. The quantitative estimate of drug-likeness (QED) is 0.617. The third kappa shape index (κ3) is 3.81. The number of hydrogen-bond donors (Lipinski definition) is 0. The Bertz CT molecular complexity index is 1050. The smallest absolute Gasteiger partial charge is 0.358 e. The molecule has 0 amide bonds. The van der Waals surface area contributed by atoms with Crippen molar-refractivity contribution in [3.8, 4) is 23.0 Å². The van der Waals surface area contributed by atoms with Crippen LogP contribution >= 0.6 is 11.6 Å². The Hall–Kier alpha value is -3.24. The first-order valence-corrected chi connectivity index (χ1v) is 8.24. The van der Waals surface area contributed by atoms with Gasteiger partial charge in [0.25, 0.3) is 0 Å². The Morgan fingerprint density at radius 1 is 1.26 bits per heavy atom. The van der Waals surface area contributed by atoms with Gasteiger partial charge >= 0.3 is 5.97 Å². The lowest BCUT2D eigenvalue weighted by Gasteiger charge is -2.09. The number of esters is 1. The zero-order valence-corrected chi connectivity index (χ0v) is 14.8. The first-order valence-electron chi connectivity index (χ1n) is 7.86. The van der Waals surface area contributed by atoms with Gasteiger partial charge in [0.05, 0.1) is 23.6 Å². The molecule has 0 aliphatic heterocycles. The van der Waals surface area contributed by atoms with Crippen molar-refractivity contribution in [3.63, 3.8) is 0 Å². The predicted octanol–water partition coefficient (Wildman–Crippen LogP) is 4.52. The summed E-state index contributed by atoms with van der Waals surface area (Å²) in [5, 5.41) is 13.4. The summed E-state index contributed by atoms with van der Waals surface area (Å²) in [5.41, 5.74) is 0.790. The number of rotatable bonds is 4. The number of carbonyl (C=O) groups excluding carboxylic acids is 1. The lowest BCUT2D eigenvalue weighted by molar-refractivity contribution is 0.0519. The molecule has 27 heavy (non-hydrogen) atoms. The number of carbonyl (C=O) groups is 1. The Balaban J connectivity index is 2.22. The molecule has 0 atom stereocenters. The van der Waals surface area contributed by atoms with E-state index in [1.807, 2.05) is 0 Å². The van der Waals surface area contributed by atoms with Gasteiger partial charge in [-0.05, 0) is 49.4 Å². The van der Waals surface area contributed by atoms with Crippen LogP contribution in [-0.2, 0) is 4.74 Å². The molecule has 1 heterocycles. The largest absolute Gasteiger partial charge is 0.461 e. The van der Waals surface area contributed by atoms with E-state index < -0.39 is 17.6 Å². The van der Waals surface area contributed by atoms with Crippen molar-refractivity contribution in [1.82, 2.24) is 9.78 Å². The molecule has 3 rings (SSSR count). The monoisotopic (exact) mass is 387 g/mol. The molecule has 5 nitrogen and oxygen atoms in total. The third-order valence-electron chi connectivity index (χ3n) is 3.67. The van der Waals surface area contributed by atoms with Crippen molar-refractivity contribution >= 4 is 17.6 Å². The van der Waals surface area contributed by atoms with Gasteiger partial charge in [0, 0.05) is 10.6 Å². The Morgan fingerprint density at radius 2 is 2.04 bits per heavy atom. The molecule has 0 bridgehead atoms. The summed E-state index contributed by atoms with van der Waals surface area (Å²) in [7, 11) is 0. The second-order valence-corrected chi connectivity index (χ2v) is 5.92. The van der Waals surface area contributed by atoms with Crippen molar-refractivity contribution in [3.05, 3.63) is 70.4 Å². The summed E-state index contributed by atoms with van der Waals surface area (Å²) >= 11 is 5.93. The maximum Gasteiger partial charge on any atom is 0.358 e. The number of nitrogens with zero attached hydrogens (tertiary/aromatic N) is 3. The molecule has 0 radical (unpaired) electrons. The van der Waals surface area contributed by atoms with Crippen LogP contribution in [0.25, 0.3) is 16.9 Å². The van der Waals surface area contributed by atoms with E-state index >= 15 is 0 Å². The highest BCUT2D eigenvalue weighted by Gasteiger charge is 2.19. The minimum absolute atomic E-state index is 0.0185. The Kier molecular flexibility index (Phi) is 5.19. The molecule has 0 aliphatic rings. The fourth-order valence-electron chi connectivity index (χ4n) is 2.52. The van der Waals surface area contributed by atoms with E-state index in [9.17, 15) is 13.6 Å². The molecule has 0 spiro atoms. The highest BCUT2D eigenvalue weighted by molar-refractivity contribution is 6.30. The number of aromatic nitrogens is 2. The van der Waals surface area contributed by atoms with Crippen molar-refractivity contribution in [2.45, 2.75) is 6.92 Å². The van der Waals surface area contributed by atoms with Gasteiger partial charge in [-0.2, -0.15) is 10.4 Å². The lowest BCUT2D eigenvalue weighted by Crippen LogP contribution is -2.07. The van der Waals surface area contributed by atoms with Gasteiger partial charge < -0.3 is 4.74 Å². The molecule has 0 unspecified atom stereocenters. The van der Waals surface area contributed by atoms with E-state index in [4.69, 9.17) is 21.6 Å². The van der Waals surface area contributed by atoms with Crippen LogP contribution in [0.4, 0.5) is 8.78 Å². The van der Waals surface area contributed by atoms with Gasteiger partial charge in [-0.1, -0.05) is 11.6 Å². The molecule has 136 valence electrons. The van der Waals surface area contributed by atoms with Crippen LogP contribution in [-0.4, -0.2) is 22.4 Å². The minimum atomic E-state index is -0.686. The molecular weight excluding hydrogens is 376 g/mol. The normalized spacial score (nSPS) is 10.5. The maximum absolute atomic E-state index is 13.8. The van der Waals surface area contributed by atoms with E-state index in [1.165, 1.54) is 35.0 Å².